The molecule has 0 unspecified atom stereocenters. The van der Waals surface area contributed by atoms with Crippen LogP contribution in [0.2, 0.25) is 0 Å². The van der Waals surface area contributed by atoms with Gasteiger partial charge in [0.25, 0.3) is 5.89 Å². The Morgan fingerprint density at radius 1 is 1.36 bits per heavy atom. The summed E-state index contributed by atoms with van der Waals surface area (Å²) in [6, 6.07) is 4.07. The van der Waals surface area contributed by atoms with Gasteiger partial charge in [0.05, 0.1) is 12.8 Å². The molecule has 0 spiro atoms. The highest BCUT2D eigenvalue weighted by molar-refractivity contribution is 5.79. The molecule has 1 aliphatic carbocycles. The SMILES string of the molecule is CN(Cc1noc(-c2ccco2)n1)C[C@@H]1CC(=O)N(C2CCCC2)C1. The van der Waals surface area contributed by atoms with E-state index in [1.165, 1.54) is 25.7 Å². The van der Waals surface area contributed by atoms with E-state index in [9.17, 15) is 4.79 Å². The first-order chi connectivity index (χ1) is 12.2. The summed E-state index contributed by atoms with van der Waals surface area (Å²) in [5.74, 6) is 2.32. The standard InChI is InChI=1S/C18H24N4O3/c1-21(12-16-19-18(25-20-16)15-7-4-8-24-15)10-13-9-17(23)22(11-13)14-5-2-3-6-14/h4,7-8,13-14H,2-3,5-6,9-12H2,1H3/t13-/m0/s1. The summed E-state index contributed by atoms with van der Waals surface area (Å²) in [7, 11) is 2.03. The molecule has 2 aromatic rings. The highest BCUT2D eigenvalue weighted by Crippen LogP contribution is 2.29. The van der Waals surface area contributed by atoms with E-state index >= 15 is 0 Å². The topological polar surface area (TPSA) is 75.6 Å². The van der Waals surface area contributed by atoms with Crippen molar-refractivity contribution in [3.05, 3.63) is 24.2 Å². The molecule has 1 atom stereocenters. The van der Waals surface area contributed by atoms with Gasteiger partial charge in [-0.05, 0) is 37.9 Å². The molecule has 25 heavy (non-hydrogen) atoms. The summed E-state index contributed by atoms with van der Waals surface area (Å²) in [4.78, 5) is 21.0. The van der Waals surface area contributed by atoms with Gasteiger partial charge in [-0.25, -0.2) is 0 Å². The molecule has 4 rings (SSSR count). The number of carbonyl (C=O) groups excluding carboxylic acids is 1. The van der Waals surface area contributed by atoms with Crippen LogP contribution in [-0.4, -0.2) is 52.0 Å². The molecule has 7 heteroatoms. The van der Waals surface area contributed by atoms with Crippen LogP contribution in [0, 0.1) is 5.92 Å². The molecule has 1 aliphatic heterocycles. The van der Waals surface area contributed by atoms with Crippen LogP contribution in [0.5, 0.6) is 0 Å². The molecule has 1 amide bonds. The third-order valence-electron chi connectivity index (χ3n) is 5.19. The fourth-order valence-corrected chi connectivity index (χ4v) is 4.06. The number of nitrogens with zero attached hydrogens (tertiary/aromatic N) is 4. The molecule has 134 valence electrons. The lowest BCUT2D eigenvalue weighted by molar-refractivity contribution is -0.129. The number of amides is 1. The van der Waals surface area contributed by atoms with E-state index in [1.54, 1.807) is 18.4 Å². The molecule has 7 nitrogen and oxygen atoms in total. The van der Waals surface area contributed by atoms with E-state index < -0.39 is 0 Å². The zero-order valence-electron chi connectivity index (χ0n) is 14.6. The first-order valence-electron chi connectivity index (χ1n) is 9.03. The second kappa shape index (κ2) is 7.00. The number of likely N-dealkylation sites (tertiary alicyclic amines) is 1. The summed E-state index contributed by atoms with van der Waals surface area (Å²) in [6.45, 7) is 2.34. The zero-order valence-corrected chi connectivity index (χ0v) is 14.6. The van der Waals surface area contributed by atoms with Gasteiger partial charge in [-0.2, -0.15) is 4.98 Å². The average Bonchev–Trinajstić information content (AvgIpc) is 3.35. The maximum atomic E-state index is 12.3. The van der Waals surface area contributed by atoms with Crippen molar-refractivity contribution < 1.29 is 13.7 Å². The Morgan fingerprint density at radius 2 is 2.20 bits per heavy atom. The van der Waals surface area contributed by atoms with Crippen molar-refractivity contribution in [1.29, 1.82) is 0 Å². The number of furan rings is 1. The van der Waals surface area contributed by atoms with E-state index in [0.717, 1.165) is 13.1 Å². The number of carbonyl (C=O) groups is 1. The highest BCUT2D eigenvalue weighted by Gasteiger charge is 2.35. The molecular weight excluding hydrogens is 320 g/mol. The summed E-state index contributed by atoms with van der Waals surface area (Å²) in [5, 5.41) is 4.01. The molecule has 0 bridgehead atoms. The fourth-order valence-electron chi connectivity index (χ4n) is 4.06. The van der Waals surface area contributed by atoms with Crippen molar-refractivity contribution in [1.82, 2.24) is 19.9 Å². The minimum atomic E-state index is 0.324. The zero-order chi connectivity index (χ0) is 17.2. The van der Waals surface area contributed by atoms with Crippen LogP contribution < -0.4 is 0 Å². The number of hydrogen-bond acceptors (Lipinski definition) is 6. The van der Waals surface area contributed by atoms with Gasteiger partial charge >= 0.3 is 0 Å². The molecule has 2 fully saturated rings. The first-order valence-corrected chi connectivity index (χ1v) is 9.03. The number of hydrogen-bond donors (Lipinski definition) is 0. The van der Waals surface area contributed by atoms with Crippen molar-refractivity contribution >= 4 is 5.91 Å². The lowest BCUT2D eigenvalue weighted by Crippen LogP contribution is -2.35. The van der Waals surface area contributed by atoms with Gasteiger partial charge in [0.15, 0.2) is 11.6 Å². The van der Waals surface area contributed by atoms with Crippen molar-refractivity contribution in [2.75, 3.05) is 20.1 Å². The van der Waals surface area contributed by atoms with E-state index in [0.29, 0.717) is 48.3 Å². The molecule has 2 aromatic heterocycles. The van der Waals surface area contributed by atoms with Crippen LogP contribution in [0.4, 0.5) is 0 Å². The smallest absolute Gasteiger partial charge is 0.293 e. The Balaban J connectivity index is 1.30. The number of aromatic nitrogens is 2. The Bertz CT molecular complexity index is 706. The fraction of sp³-hybridized carbons (Fsp3) is 0.611. The van der Waals surface area contributed by atoms with Gasteiger partial charge in [0.1, 0.15) is 0 Å². The van der Waals surface area contributed by atoms with Crippen LogP contribution in [0.25, 0.3) is 11.7 Å². The van der Waals surface area contributed by atoms with Gasteiger partial charge in [0, 0.05) is 25.6 Å². The third-order valence-corrected chi connectivity index (χ3v) is 5.19. The average molecular weight is 344 g/mol. The molecule has 1 saturated heterocycles. The summed E-state index contributed by atoms with van der Waals surface area (Å²) in [5.41, 5.74) is 0. The van der Waals surface area contributed by atoms with E-state index in [1.807, 2.05) is 7.05 Å². The van der Waals surface area contributed by atoms with Gasteiger partial charge in [-0.1, -0.05) is 18.0 Å². The Morgan fingerprint density at radius 3 is 2.96 bits per heavy atom. The lowest BCUT2D eigenvalue weighted by atomic mass is 10.1. The van der Waals surface area contributed by atoms with Crippen molar-refractivity contribution in [3.63, 3.8) is 0 Å². The van der Waals surface area contributed by atoms with E-state index in [4.69, 9.17) is 8.94 Å². The normalized spacial score (nSPS) is 21.8. The van der Waals surface area contributed by atoms with Crippen molar-refractivity contribution in [3.8, 4) is 11.7 Å². The highest BCUT2D eigenvalue weighted by atomic mass is 16.5. The number of rotatable bonds is 6. The molecule has 3 heterocycles. The Hall–Kier alpha value is -2.15. The van der Waals surface area contributed by atoms with Gasteiger partial charge in [-0.15, -0.1) is 0 Å². The van der Waals surface area contributed by atoms with Gasteiger partial charge in [0.2, 0.25) is 5.91 Å². The van der Waals surface area contributed by atoms with Crippen molar-refractivity contribution in [2.24, 2.45) is 5.92 Å². The third kappa shape index (κ3) is 3.61. The van der Waals surface area contributed by atoms with Gasteiger partial charge < -0.3 is 13.8 Å². The summed E-state index contributed by atoms with van der Waals surface area (Å²) >= 11 is 0. The van der Waals surface area contributed by atoms with Crippen molar-refractivity contribution in [2.45, 2.75) is 44.7 Å². The maximum absolute atomic E-state index is 12.3. The van der Waals surface area contributed by atoms with Crippen LogP contribution in [-0.2, 0) is 11.3 Å². The predicted molar refractivity (Wildman–Crippen MR) is 90.4 cm³/mol. The quantitative estimate of drug-likeness (QED) is 0.802. The molecule has 0 N–H and O–H groups in total. The van der Waals surface area contributed by atoms with Crippen LogP contribution in [0.1, 0.15) is 37.9 Å². The minimum absolute atomic E-state index is 0.324. The monoisotopic (exact) mass is 344 g/mol. The molecule has 1 saturated carbocycles. The largest absolute Gasteiger partial charge is 0.459 e. The van der Waals surface area contributed by atoms with E-state index in [2.05, 4.69) is 19.9 Å². The lowest BCUT2D eigenvalue weighted by Gasteiger charge is -2.25. The summed E-state index contributed by atoms with van der Waals surface area (Å²) in [6.07, 6.45) is 7.10. The maximum Gasteiger partial charge on any atom is 0.293 e. The Kier molecular flexibility index (Phi) is 4.57. The molecule has 2 aliphatic rings. The van der Waals surface area contributed by atoms with Crippen LogP contribution in [0.15, 0.2) is 27.3 Å². The molecule has 0 radical (unpaired) electrons. The van der Waals surface area contributed by atoms with Gasteiger partial charge in [-0.3, -0.25) is 9.69 Å². The van der Waals surface area contributed by atoms with E-state index in [-0.39, 0.29) is 0 Å². The minimum Gasteiger partial charge on any atom is -0.459 e. The Labute approximate surface area is 147 Å². The van der Waals surface area contributed by atoms with Crippen LogP contribution in [0.3, 0.4) is 0 Å². The second-order valence-electron chi connectivity index (χ2n) is 7.24. The molecular formula is C18H24N4O3. The predicted octanol–water partition coefficient (Wildman–Crippen LogP) is 2.55. The first kappa shape index (κ1) is 16.3. The second-order valence-corrected chi connectivity index (χ2v) is 7.24. The summed E-state index contributed by atoms with van der Waals surface area (Å²) < 4.78 is 10.5. The van der Waals surface area contributed by atoms with Crippen LogP contribution >= 0.6 is 0 Å². The molecule has 0 aromatic carbocycles.